The Bertz CT molecular complexity index is 596. The first-order valence-electron chi connectivity index (χ1n) is 7.80. The standard InChI is InChI=1S/C17H24N2O4/c1-11(2)10-18-15(20)17(3,4)16(21)19-12-5-6-13-14(9-12)23-8-7-22-13/h5-6,9,11H,7-8,10H2,1-4H3,(H,18,20)(H,19,21). The zero-order valence-electron chi connectivity index (χ0n) is 14.1. The molecule has 0 aromatic heterocycles. The van der Waals surface area contributed by atoms with Gasteiger partial charge in [-0.05, 0) is 31.9 Å². The molecule has 0 radical (unpaired) electrons. The topological polar surface area (TPSA) is 76.7 Å². The fraction of sp³-hybridized carbons (Fsp3) is 0.529. The molecule has 0 bridgehead atoms. The maximum atomic E-state index is 12.4. The Balaban J connectivity index is 2.04. The van der Waals surface area contributed by atoms with E-state index in [0.29, 0.717) is 42.9 Å². The van der Waals surface area contributed by atoms with Gasteiger partial charge in [-0.25, -0.2) is 0 Å². The highest BCUT2D eigenvalue weighted by molar-refractivity contribution is 6.09. The number of hydrogen-bond acceptors (Lipinski definition) is 4. The first-order chi connectivity index (χ1) is 10.8. The third-order valence-corrected chi connectivity index (χ3v) is 3.61. The number of fused-ring (bicyclic) bond motifs is 1. The van der Waals surface area contributed by atoms with Gasteiger partial charge >= 0.3 is 0 Å². The van der Waals surface area contributed by atoms with Crippen molar-refractivity contribution in [1.29, 1.82) is 0 Å². The maximum absolute atomic E-state index is 12.4. The molecule has 1 aromatic rings. The third kappa shape index (κ3) is 4.15. The zero-order chi connectivity index (χ0) is 17.0. The van der Waals surface area contributed by atoms with E-state index >= 15 is 0 Å². The van der Waals surface area contributed by atoms with Crippen LogP contribution in [-0.4, -0.2) is 31.6 Å². The minimum absolute atomic E-state index is 0.291. The number of anilines is 1. The average molecular weight is 320 g/mol. The molecule has 0 saturated carbocycles. The van der Waals surface area contributed by atoms with E-state index in [1.54, 1.807) is 32.0 Å². The van der Waals surface area contributed by atoms with Crippen LogP contribution in [0.25, 0.3) is 0 Å². The van der Waals surface area contributed by atoms with Crippen molar-refractivity contribution in [2.75, 3.05) is 25.1 Å². The van der Waals surface area contributed by atoms with Gasteiger partial charge in [0.2, 0.25) is 11.8 Å². The molecule has 0 unspecified atom stereocenters. The molecule has 1 aliphatic rings. The van der Waals surface area contributed by atoms with Crippen molar-refractivity contribution < 1.29 is 19.1 Å². The Morgan fingerprint density at radius 3 is 2.43 bits per heavy atom. The van der Waals surface area contributed by atoms with Crippen LogP contribution in [0.4, 0.5) is 5.69 Å². The van der Waals surface area contributed by atoms with Gasteiger partial charge in [-0.2, -0.15) is 0 Å². The van der Waals surface area contributed by atoms with Crippen LogP contribution in [0.2, 0.25) is 0 Å². The Kier molecular flexibility index (Phi) is 5.13. The molecule has 0 spiro atoms. The second-order valence-electron chi connectivity index (χ2n) is 6.54. The molecule has 2 rings (SSSR count). The summed E-state index contributed by atoms with van der Waals surface area (Å²) in [4.78, 5) is 24.7. The van der Waals surface area contributed by atoms with Crippen LogP contribution in [0, 0.1) is 11.3 Å². The van der Waals surface area contributed by atoms with Gasteiger partial charge in [0.25, 0.3) is 0 Å². The van der Waals surface area contributed by atoms with Crippen LogP contribution >= 0.6 is 0 Å². The maximum Gasteiger partial charge on any atom is 0.239 e. The van der Waals surface area contributed by atoms with Crippen LogP contribution in [0.5, 0.6) is 11.5 Å². The first kappa shape index (κ1) is 17.1. The summed E-state index contributed by atoms with van der Waals surface area (Å²) in [5.74, 6) is 0.923. The van der Waals surface area contributed by atoms with Crippen molar-refractivity contribution >= 4 is 17.5 Å². The Hall–Kier alpha value is -2.24. The molecular weight excluding hydrogens is 296 g/mol. The van der Waals surface area contributed by atoms with Crippen molar-refractivity contribution in [1.82, 2.24) is 5.32 Å². The lowest BCUT2D eigenvalue weighted by Gasteiger charge is -2.24. The normalized spacial score (nSPS) is 13.6. The lowest BCUT2D eigenvalue weighted by Crippen LogP contribution is -2.46. The second-order valence-corrected chi connectivity index (χ2v) is 6.54. The number of benzene rings is 1. The molecule has 0 saturated heterocycles. The minimum Gasteiger partial charge on any atom is -0.486 e. The zero-order valence-corrected chi connectivity index (χ0v) is 14.1. The van der Waals surface area contributed by atoms with E-state index in [4.69, 9.17) is 9.47 Å². The summed E-state index contributed by atoms with van der Waals surface area (Å²) >= 11 is 0. The Morgan fingerprint density at radius 1 is 1.13 bits per heavy atom. The van der Waals surface area contributed by atoms with Crippen molar-refractivity contribution in [3.05, 3.63) is 18.2 Å². The predicted molar refractivity (Wildman–Crippen MR) is 87.7 cm³/mol. The molecule has 0 fully saturated rings. The number of nitrogens with one attached hydrogen (secondary N) is 2. The number of hydrogen-bond donors (Lipinski definition) is 2. The van der Waals surface area contributed by atoms with E-state index in [2.05, 4.69) is 10.6 Å². The lowest BCUT2D eigenvalue weighted by atomic mass is 9.90. The first-order valence-corrected chi connectivity index (χ1v) is 7.80. The van der Waals surface area contributed by atoms with E-state index in [9.17, 15) is 9.59 Å². The number of carbonyl (C=O) groups is 2. The molecule has 2 N–H and O–H groups in total. The number of amides is 2. The summed E-state index contributed by atoms with van der Waals surface area (Å²) in [5, 5.41) is 5.56. The average Bonchev–Trinajstić information content (AvgIpc) is 2.52. The van der Waals surface area contributed by atoms with Crippen molar-refractivity contribution in [2.24, 2.45) is 11.3 Å². The van der Waals surface area contributed by atoms with Crippen LogP contribution in [0.1, 0.15) is 27.7 Å². The highest BCUT2D eigenvalue weighted by Crippen LogP contribution is 2.33. The van der Waals surface area contributed by atoms with Crippen LogP contribution in [0.15, 0.2) is 18.2 Å². The summed E-state index contributed by atoms with van der Waals surface area (Å²) in [6.07, 6.45) is 0. The van der Waals surface area contributed by atoms with Crippen molar-refractivity contribution in [2.45, 2.75) is 27.7 Å². The van der Waals surface area contributed by atoms with Crippen LogP contribution < -0.4 is 20.1 Å². The van der Waals surface area contributed by atoms with Crippen LogP contribution in [-0.2, 0) is 9.59 Å². The molecule has 2 amide bonds. The molecule has 126 valence electrons. The van der Waals surface area contributed by atoms with Crippen molar-refractivity contribution in [3.8, 4) is 11.5 Å². The summed E-state index contributed by atoms with van der Waals surface area (Å²) < 4.78 is 10.9. The van der Waals surface area contributed by atoms with Gasteiger partial charge < -0.3 is 20.1 Å². The van der Waals surface area contributed by atoms with Crippen molar-refractivity contribution in [3.63, 3.8) is 0 Å². The quantitative estimate of drug-likeness (QED) is 0.816. The monoisotopic (exact) mass is 320 g/mol. The molecule has 1 heterocycles. The molecule has 6 nitrogen and oxygen atoms in total. The minimum atomic E-state index is -1.16. The van der Waals surface area contributed by atoms with E-state index in [1.807, 2.05) is 13.8 Å². The summed E-state index contributed by atoms with van der Waals surface area (Å²) in [6, 6.07) is 5.18. The van der Waals surface area contributed by atoms with Gasteiger partial charge in [0.1, 0.15) is 18.6 Å². The smallest absolute Gasteiger partial charge is 0.239 e. The van der Waals surface area contributed by atoms with E-state index in [0.717, 1.165) is 0 Å². The van der Waals surface area contributed by atoms with E-state index < -0.39 is 5.41 Å². The molecule has 23 heavy (non-hydrogen) atoms. The van der Waals surface area contributed by atoms with Gasteiger partial charge in [-0.1, -0.05) is 13.8 Å². The largest absolute Gasteiger partial charge is 0.486 e. The molecular formula is C17H24N2O4. The number of carbonyl (C=O) groups excluding carboxylic acids is 2. The van der Waals surface area contributed by atoms with Gasteiger partial charge in [0.05, 0.1) is 0 Å². The Labute approximate surface area is 136 Å². The SMILES string of the molecule is CC(C)CNC(=O)C(C)(C)C(=O)Nc1ccc2c(c1)OCCO2. The highest BCUT2D eigenvalue weighted by Gasteiger charge is 2.36. The van der Waals surface area contributed by atoms with Gasteiger partial charge in [-0.15, -0.1) is 0 Å². The third-order valence-electron chi connectivity index (χ3n) is 3.61. The highest BCUT2D eigenvalue weighted by atomic mass is 16.6. The molecule has 0 atom stereocenters. The molecule has 1 aliphatic heterocycles. The summed E-state index contributed by atoms with van der Waals surface area (Å²) in [6.45, 7) is 8.76. The van der Waals surface area contributed by atoms with Crippen LogP contribution in [0.3, 0.4) is 0 Å². The summed E-state index contributed by atoms with van der Waals surface area (Å²) in [7, 11) is 0. The predicted octanol–water partition coefficient (Wildman–Crippen LogP) is 2.19. The number of ether oxygens (including phenoxy) is 2. The van der Waals surface area contributed by atoms with Gasteiger partial charge in [0.15, 0.2) is 11.5 Å². The molecule has 6 heteroatoms. The summed E-state index contributed by atoms with van der Waals surface area (Å²) in [5.41, 5.74) is -0.591. The van der Waals surface area contributed by atoms with E-state index in [-0.39, 0.29) is 11.8 Å². The lowest BCUT2D eigenvalue weighted by molar-refractivity contribution is -0.138. The van der Waals surface area contributed by atoms with Gasteiger partial charge in [0, 0.05) is 18.3 Å². The molecule has 1 aromatic carbocycles. The fourth-order valence-electron chi connectivity index (χ4n) is 2.03. The fourth-order valence-corrected chi connectivity index (χ4v) is 2.03. The van der Waals surface area contributed by atoms with E-state index in [1.165, 1.54) is 0 Å². The van der Waals surface area contributed by atoms with Gasteiger partial charge in [-0.3, -0.25) is 9.59 Å². The second kappa shape index (κ2) is 6.89. The molecule has 0 aliphatic carbocycles. The number of rotatable bonds is 5. The Morgan fingerprint density at radius 2 is 1.78 bits per heavy atom.